The van der Waals surface area contributed by atoms with Crippen LogP contribution in [0.25, 0.3) is 0 Å². The molecule has 1 unspecified atom stereocenters. The normalized spacial score (nSPS) is 28.5. The van der Waals surface area contributed by atoms with E-state index in [0.717, 1.165) is 6.61 Å². The van der Waals surface area contributed by atoms with Crippen LogP contribution in [-0.4, -0.2) is 20.4 Å². The third-order valence-electron chi connectivity index (χ3n) is 2.15. The highest BCUT2D eigenvalue weighted by atomic mass is 28.3. The summed E-state index contributed by atoms with van der Waals surface area (Å²) in [5.74, 6) is 0. The molecule has 0 saturated carbocycles. The van der Waals surface area contributed by atoms with Gasteiger partial charge >= 0.3 is 1.43 Å². The van der Waals surface area contributed by atoms with Crippen molar-refractivity contribution < 1.29 is 6.16 Å². The molecule has 1 atom stereocenters. The Morgan fingerprint density at radius 2 is 2.00 bits per heavy atom. The van der Waals surface area contributed by atoms with Crippen molar-refractivity contribution in [3.8, 4) is 0 Å². The minimum atomic E-state index is -0.979. The Bertz CT molecular complexity index is 105. The number of rotatable bonds is 1. The van der Waals surface area contributed by atoms with Gasteiger partial charge in [0.15, 0.2) is 0 Å². The standard InChI is InChI=1S/C8H18OSi/c1-10(2,3)8-6-4-5-7-9-8/h8H,4-7H2,1-3H3/p+1. The fraction of sp³-hybridized carbons (Fsp3) is 1.00. The molecule has 1 rings (SSSR count). The van der Waals surface area contributed by atoms with Gasteiger partial charge in [-0.25, -0.2) is 0 Å². The number of hydrogen-bond acceptors (Lipinski definition) is 1. The lowest BCUT2D eigenvalue weighted by Crippen LogP contribution is -2.42. The van der Waals surface area contributed by atoms with Crippen molar-refractivity contribution in [2.24, 2.45) is 0 Å². The monoisotopic (exact) mass is 159 g/mol. The predicted molar refractivity (Wildman–Crippen MR) is 48.0 cm³/mol. The van der Waals surface area contributed by atoms with E-state index in [2.05, 4.69) is 19.6 Å². The Kier molecular flexibility index (Phi) is 2.53. The lowest BCUT2D eigenvalue weighted by molar-refractivity contribution is 0.0604. The molecule has 0 aliphatic carbocycles. The average molecular weight is 159 g/mol. The fourth-order valence-electron chi connectivity index (χ4n) is 1.42. The Labute approximate surface area is 66.3 Å². The largest absolute Gasteiger partial charge is 1.00 e. The number of ether oxygens (including phenoxy) is 1. The molecular formula is C8H19OSi+. The van der Waals surface area contributed by atoms with Crippen molar-refractivity contribution >= 4 is 8.07 Å². The van der Waals surface area contributed by atoms with Gasteiger partial charge in [-0.2, -0.15) is 0 Å². The first kappa shape index (κ1) is 8.28. The molecule has 0 aromatic carbocycles. The molecule has 10 heavy (non-hydrogen) atoms. The molecule has 1 saturated heterocycles. The van der Waals surface area contributed by atoms with E-state index >= 15 is 0 Å². The van der Waals surface area contributed by atoms with E-state index in [-0.39, 0.29) is 1.43 Å². The van der Waals surface area contributed by atoms with E-state index in [1.807, 2.05) is 0 Å². The maximum Gasteiger partial charge on any atom is 1.00 e. The molecule has 0 amide bonds. The van der Waals surface area contributed by atoms with Gasteiger partial charge in [0.2, 0.25) is 0 Å². The maximum absolute atomic E-state index is 5.70. The van der Waals surface area contributed by atoms with Crippen LogP contribution in [-0.2, 0) is 4.74 Å². The number of hydrogen-bond donors (Lipinski definition) is 0. The fourth-order valence-corrected chi connectivity index (χ4v) is 3.11. The molecule has 1 heterocycles. The van der Waals surface area contributed by atoms with Crippen molar-refractivity contribution in [3.63, 3.8) is 0 Å². The molecule has 0 aromatic rings. The lowest BCUT2D eigenvalue weighted by atomic mass is 10.2. The quantitative estimate of drug-likeness (QED) is 0.534. The van der Waals surface area contributed by atoms with Crippen LogP contribution in [0.3, 0.4) is 0 Å². The highest BCUT2D eigenvalue weighted by Crippen LogP contribution is 2.21. The summed E-state index contributed by atoms with van der Waals surface area (Å²) >= 11 is 0. The molecule has 0 aromatic heterocycles. The van der Waals surface area contributed by atoms with Crippen LogP contribution >= 0.6 is 0 Å². The lowest BCUT2D eigenvalue weighted by Gasteiger charge is -2.32. The summed E-state index contributed by atoms with van der Waals surface area (Å²) in [4.78, 5) is 0. The third kappa shape index (κ3) is 2.10. The Morgan fingerprint density at radius 3 is 2.30 bits per heavy atom. The van der Waals surface area contributed by atoms with Crippen LogP contribution < -0.4 is 0 Å². The summed E-state index contributed by atoms with van der Waals surface area (Å²) in [6.45, 7) is 8.18. The molecule has 2 heteroatoms. The zero-order valence-corrected chi connectivity index (χ0v) is 8.31. The molecule has 0 N–H and O–H groups in total. The van der Waals surface area contributed by atoms with Crippen LogP contribution in [0.2, 0.25) is 19.6 Å². The zero-order valence-electron chi connectivity index (χ0n) is 8.31. The second kappa shape index (κ2) is 3.05. The topological polar surface area (TPSA) is 9.23 Å². The second-order valence-electron chi connectivity index (χ2n) is 4.22. The molecule has 60 valence electrons. The van der Waals surface area contributed by atoms with E-state index in [1.54, 1.807) is 0 Å². The third-order valence-corrected chi connectivity index (χ3v) is 4.53. The average Bonchev–Trinajstić information content (AvgIpc) is 1.88. The van der Waals surface area contributed by atoms with E-state index in [9.17, 15) is 0 Å². The van der Waals surface area contributed by atoms with Gasteiger partial charge in [0.05, 0.1) is 8.07 Å². The van der Waals surface area contributed by atoms with Crippen molar-refractivity contribution in [1.82, 2.24) is 0 Å². The highest BCUT2D eigenvalue weighted by molar-refractivity contribution is 6.77. The predicted octanol–water partition coefficient (Wildman–Crippen LogP) is 2.55. The minimum absolute atomic E-state index is 0. The smallest absolute Gasteiger partial charge is 0.382 e. The van der Waals surface area contributed by atoms with E-state index in [1.165, 1.54) is 19.3 Å². The van der Waals surface area contributed by atoms with Crippen LogP contribution in [0.4, 0.5) is 0 Å². The van der Waals surface area contributed by atoms with Gasteiger partial charge < -0.3 is 4.74 Å². The van der Waals surface area contributed by atoms with Crippen LogP contribution in [0.1, 0.15) is 20.7 Å². The maximum atomic E-state index is 5.70. The van der Waals surface area contributed by atoms with Crippen molar-refractivity contribution in [2.45, 2.75) is 44.6 Å². The van der Waals surface area contributed by atoms with Gasteiger partial charge in [0, 0.05) is 12.3 Å². The molecule has 0 bridgehead atoms. The summed E-state index contributed by atoms with van der Waals surface area (Å²) in [6, 6.07) is 0. The van der Waals surface area contributed by atoms with Crippen molar-refractivity contribution in [2.75, 3.05) is 6.61 Å². The summed E-state index contributed by atoms with van der Waals surface area (Å²) in [5, 5.41) is 0. The highest BCUT2D eigenvalue weighted by Gasteiger charge is 2.28. The van der Waals surface area contributed by atoms with Gasteiger partial charge in [-0.3, -0.25) is 0 Å². The van der Waals surface area contributed by atoms with E-state index in [0.29, 0.717) is 5.73 Å². The summed E-state index contributed by atoms with van der Waals surface area (Å²) < 4.78 is 5.70. The Hall–Kier alpha value is 0.177. The van der Waals surface area contributed by atoms with Crippen LogP contribution in [0.5, 0.6) is 0 Å². The summed E-state index contributed by atoms with van der Waals surface area (Å²) in [7, 11) is -0.979. The van der Waals surface area contributed by atoms with E-state index in [4.69, 9.17) is 4.74 Å². The summed E-state index contributed by atoms with van der Waals surface area (Å²) in [5.41, 5.74) is 0.640. The first-order valence-electron chi connectivity index (χ1n) is 4.22. The summed E-state index contributed by atoms with van der Waals surface area (Å²) in [6.07, 6.45) is 3.98. The van der Waals surface area contributed by atoms with Crippen molar-refractivity contribution in [3.05, 3.63) is 0 Å². The van der Waals surface area contributed by atoms with Gasteiger partial charge in [0.25, 0.3) is 0 Å². The second-order valence-corrected chi connectivity index (χ2v) is 9.60. The molecule has 1 aliphatic rings. The Morgan fingerprint density at radius 1 is 1.30 bits per heavy atom. The van der Waals surface area contributed by atoms with E-state index < -0.39 is 8.07 Å². The molecule has 0 radical (unpaired) electrons. The van der Waals surface area contributed by atoms with Gasteiger partial charge in [-0.15, -0.1) is 0 Å². The first-order valence-corrected chi connectivity index (χ1v) is 7.80. The molecule has 1 fully saturated rings. The van der Waals surface area contributed by atoms with Crippen LogP contribution in [0.15, 0.2) is 0 Å². The minimum Gasteiger partial charge on any atom is -0.382 e. The first-order chi connectivity index (χ1) is 4.61. The molecular weight excluding hydrogens is 140 g/mol. The SMILES string of the molecule is C[Si](C)(C)C1CCCCO1.[H+]. The van der Waals surface area contributed by atoms with Crippen LogP contribution in [0, 0.1) is 0 Å². The molecule has 1 aliphatic heterocycles. The van der Waals surface area contributed by atoms with Crippen molar-refractivity contribution in [1.29, 1.82) is 0 Å². The van der Waals surface area contributed by atoms with Gasteiger partial charge in [-0.05, 0) is 19.3 Å². The Balaban J connectivity index is 0.000001000. The van der Waals surface area contributed by atoms with Gasteiger partial charge in [0.1, 0.15) is 0 Å². The molecule has 1 nitrogen and oxygen atoms in total. The zero-order chi connectivity index (χ0) is 7.61. The molecule has 0 spiro atoms. The van der Waals surface area contributed by atoms with Gasteiger partial charge in [-0.1, -0.05) is 19.6 Å².